The second kappa shape index (κ2) is 8.05. The van der Waals surface area contributed by atoms with Crippen LogP contribution in [-0.4, -0.2) is 56.7 Å². The van der Waals surface area contributed by atoms with Gasteiger partial charge in [0.2, 0.25) is 5.79 Å². The Labute approximate surface area is 236 Å². The number of hydrogen-bond donors (Lipinski definition) is 0. The van der Waals surface area contributed by atoms with Gasteiger partial charge in [-0.05, 0) is 46.3 Å². The lowest BCUT2D eigenvalue weighted by Gasteiger charge is -2.49. The van der Waals surface area contributed by atoms with E-state index < -0.39 is 36.8 Å². The van der Waals surface area contributed by atoms with Crippen molar-refractivity contribution >= 4 is 24.7 Å². The zero-order valence-corrected chi connectivity index (χ0v) is 24.4. The molecule has 9 rings (SSSR count). The molecule has 208 valence electrons. The molecule has 0 aromatic heterocycles. The smallest absolute Gasteiger partial charge is 0.320 e. The number of fused-ring (bicyclic) bond motifs is 1. The average molecular weight is 557 g/mol. The van der Waals surface area contributed by atoms with Gasteiger partial charge in [-0.25, -0.2) is 0 Å². The first kappa shape index (κ1) is 25.2. The molecule has 2 aliphatic carbocycles. The molecule has 5 atom stereocenters. The van der Waals surface area contributed by atoms with E-state index in [1.165, 1.54) is 10.4 Å². The molecule has 7 heteroatoms. The van der Waals surface area contributed by atoms with Gasteiger partial charge in [0.1, 0.15) is 11.5 Å². The van der Waals surface area contributed by atoms with E-state index in [9.17, 15) is 4.79 Å². The summed E-state index contributed by atoms with van der Waals surface area (Å²) in [6, 6.07) is 21.3. The van der Waals surface area contributed by atoms with Gasteiger partial charge < -0.3 is 23.4 Å². The molecule has 4 spiro atoms. The monoisotopic (exact) mass is 556 g/mol. The third kappa shape index (κ3) is 2.76. The zero-order valence-electron chi connectivity index (χ0n) is 23.4. The van der Waals surface area contributed by atoms with Crippen LogP contribution in [0.2, 0.25) is 5.04 Å². The van der Waals surface area contributed by atoms with Crippen molar-refractivity contribution in [2.75, 3.05) is 13.2 Å². The van der Waals surface area contributed by atoms with Crippen molar-refractivity contribution < 1.29 is 28.2 Å². The predicted molar refractivity (Wildman–Crippen MR) is 152 cm³/mol. The molecule has 4 fully saturated rings. The van der Waals surface area contributed by atoms with Crippen LogP contribution in [0.25, 0.3) is 0 Å². The minimum absolute atomic E-state index is 0.205. The van der Waals surface area contributed by atoms with Crippen LogP contribution in [0.4, 0.5) is 0 Å². The zero-order chi connectivity index (χ0) is 27.4. The Morgan fingerprint density at radius 2 is 1.57 bits per heavy atom. The van der Waals surface area contributed by atoms with Crippen LogP contribution in [0.3, 0.4) is 0 Å². The van der Waals surface area contributed by atoms with E-state index in [1.807, 2.05) is 0 Å². The van der Waals surface area contributed by atoms with Gasteiger partial charge in [-0.2, -0.15) is 0 Å². The summed E-state index contributed by atoms with van der Waals surface area (Å²) in [7, 11) is -2.92. The standard InChI is InChI=1S/C33H36O6Si/c1-29(2,3)40(24-10-6-4-7-11-24,25-12-8-5-9-13-25)39-27-15-14-23-22-30-18-19-32(35-20-21-36-32)31(30)17-16-26(37-31)33(23,27)38-28(30)34/h4-13,16-17,22,26-27H,14-15,18-21H2,1-3H3/t26-,27-,30-,31+,33-/m1/s1. The van der Waals surface area contributed by atoms with Gasteiger partial charge in [-0.15, -0.1) is 0 Å². The molecule has 5 aliphatic heterocycles. The van der Waals surface area contributed by atoms with Crippen molar-refractivity contribution in [2.24, 2.45) is 5.41 Å². The van der Waals surface area contributed by atoms with Gasteiger partial charge in [0, 0.05) is 6.42 Å². The molecule has 0 unspecified atom stereocenters. The molecular formula is C33H36O6Si. The van der Waals surface area contributed by atoms with Gasteiger partial charge in [0.15, 0.2) is 11.2 Å². The summed E-state index contributed by atoms with van der Waals surface area (Å²) < 4.78 is 33.9. The summed E-state index contributed by atoms with van der Waals surface area (Å²) in [6.45, 7) is 7.83. The number of carbonyl (C=O) groups is 1. The average Bonchev–Trinajstić information content (AvgIpc) is 3.71. The number of esters is 1. The summed E-state index contributed by atoms with van der Waals surface area (Å²) in [5, 5.41) is 2.21. The van der Waals surface area contributed by atoms with Crippen molar-refractivity contribution in [3.8, 4) is 0 Å². The summed E-state index contributed by atoms with van der Waals surface area (Å²) in [5.74, 6) is -1.20. The quantitative estimate of drug-likeness (QED) is 0.320. The van der Waals surface area contributed by atoms with E-state index in [1.54, 1.807) is 0 Å². The molecule has 0 radical (unpaired) electrons. The molecule has 4 bridgehead atoms. The Kier molecular flexibility index (Phi) is 5.06. The van der Waals surface area contributed by atoms with Crippen LogP contribution in [0.15, 0.2) is 84.5 Å². The molecule has 2 aromatic carbocycles. The second-order valence-electron chi connectivity index (χ2n) is 13.2. The van der Waals surface area contributed by atoms with Crippen molar-refractivity contribution in [1.29, 1.82) is 0 Å². The first-order valence-corrected chi connectivity index (χ1v) is 16.5. The lowest BCUT2D eigenvalue weighted by Crippen LogP contribution is -2.70. The van der Waals surface area contributed by atoms with Crippen molar-refractivity contribution in [3.63, 3.8) is 0 Å². The van der Waals surface area contributed by atoms with Crippen molar-refractivity contribution in [1.82, 2.24) is 0 Å². The number of benzene rings is 2. The van der Waals surface area contributed by atoms with Gasteiger partial charge in [-0.3, -0.25) is 4.79 Å². The Morgan fingerprint density at radius 1 is 0.925 bits per heavy atom. The Morgan fingerprint density at radius 3 is 2.20 bits per heavy atom. The Bertz CT molecular complexity index is 1380. The highest BCUT2D eigenvalue weighted by Crippen LogP contribution is 2.69. The van der Waals surface area contributed by atoms with Gasteiger partial charge in [0.25, 0.3) is 8.32 Å². The van der Waals surface area contributed by atoms with E-state index in [0.29, 0.717) is 26.1 Å². The van der Waals surface area contributed by atoms with Crippen molar-refractivity contribution in [3.05, 3.63) is 84.5 Å². The summed E-state index contributed by atoms with van der Waals surface area (Å²) in [4.78, 5) is 14.3. The molecule has 7 aliphatic rings. The van der Waals surface area contributed by atoms with Crippen LogP contribution >= 0.6 is 0 Å². The Hall–Kier alpha value is -2.55. The molecule has 6 nitrogen and oxygen atoms in total. The number of ether oxygens (including phenoxy) is 4. The van der Waals surface area contributed by atoms with E-state index in [4.69, 9.17) is 23.4 Å². The van der Waals surface area contributed by atoms with Crippen LogP contribution in [-0.2, 0) is 28.2 Å². The lowest BCUT2D eigenvalue weighted by atomic mass is 9.68. The normalized spacial score (nSPS) is 36.9. The van der Waals surface area contributed by atoms with Crippen LogP contribution < -0.4 is 10.4 Å². The maximum absolute atomic E-state index is 14.3. The second-order valence-corrected chi connectivity index (χ2v) is 17.5. The fraction of sp³-hybridized carbons (Fsp3) is 0.485. The predicted octanol–water partition coefficient (Wildman–Crippen LogP) is 4.18. The third-order valence-electron chi connectivity index (χ3n) is 10.5. The fourth-order valence-electron chi connectivity index (χ4n) is 8.82. The highest BCUT2D eigenvalue weighted by Gasteiger charge is 2.82. The minimum atomic E-state index is -2.92. The third-order valence-corrected chi connectivity index (χ3v) is 15.6. The number of carbonyl (C=O) groups excluding carboxylic acids is 1. The van der Waals surface area contributed by atoms with Crippen LogP contribution in [0.5, 0.6) is 0 Å². The first-order valence-electron chi connectivity index (χ1n) is 14.6. The van der Waals surface area contributed by atoms with Gasteiger partial charge in [0.05, 0.1) is 19.3 Å². The molecular weight excluding hydrogens is 520 g/mol. The highest BCUT2D eigenvalue weighted by molar-refractivity contribution is 6.99. The molecule has 2 saturated heterocycles. The largest absolute Gasteiger partial charge is 0.448 e. The maximum Gasteiger partial charge on any atom is 0.320 e. The van der Waals surface area contributed by atoms with E-state index in [-0.39, 0.29) is 17.1 Å². The van der Waals surface area contributed by atoms with Crippen LogP contribution in [0.1, 0.15) is 46.5 Å². The van der Waals surface area contributed by atoms with Crippen molar-refractivity contribution in [2.45, 2.75) is 80.7 Å². The highest BCUT2D eigenvalue weighted by atomic mass is 28.4. The van der Waals surface area contributed by atoms with Crippen LogP contribution in [0, 0.1) is 5.41 Å². The summed E-state index contributed by atoms with van der Waals surface area (Å²) >= 11 is 0. The topological polar surface area (TPSA) is 63.2 Å². The molecule has 0 N–H and O–H groups in total. The molecule has 0 amide bonds. The SMILES string of the molecule is CC(C)(C)[Si](O[C@@H]1CCC2=C[C@@]34CCC5(OCCO5)[C@]35C=C[C@@H](O5)[C@]21OC4=O)(c1ccccc1)c1ccccc1. The fourth-order valence-corrected chi connectivity index (χ4v) is 13.6. The van der Waals surface area contributed by atoms with Gasteiger partial charge >= 0.3 is 5.97 Å². The van der Waals surface area contributed by atoms with E-state index in [0.717, 1.165) is 18.4 Å². The minimum Gasteiger partial charge on any atom is -0.448 e. The maximum atomic E-state index is 14.3. The molecule has 2 aromatic rings. The first-order chi connectivity index (χ1) is 19.2. The lowest BCUT2D eigenvalue weighted by molar-refractivity contribution is -0.267. The molecule has 5 heterocycles. The summed E-state index contributed by atoms with van der Waals surface area (Å²) in [6.07, 6.45) is 8.24. The summed E-state index contributed by atoms with van der Waals surface area (Å²) in [5.41, 5.74) is -1.87. The van der Waals surface area contributed by atoms with Gasteiger partial charge in [-0.1, -0.05) is 93.6 Å². The number of hydrogen-bond acceptors (Lipinski definition) is 6. The number of rotatable bonds is 4. The molecule has 40 heavy (non-hydrogen) atoms. The Balaban J connectivity index is 1.30. The van der Waals surface area contributed by atoms with E-state index >= 15 is 0 Å². The molecule has 2 saturated carbocycles. The van der Waals surface area contributed by atoms with E-state index in [2.05, 4.69) is 99.7 Å².